The van der Waals surface area contributed by atoms with Crippen LogP contribution >= 0.6 is 0 Å². The largest absolute Gasteiger partial charge is 0.480 e. The van der Waals surface area contributed by atoms with Gasteiger partial charge in [0, 0.05) is 26.1 Å². The van der Waals surface area contributed by atoms with Gasteiger partial charge >= 0.3 is 12.1 Å². The van der Waals surface area contributed by atoms with Crippen molar-refractivity contribution in [3.8, 4) is 0 Å². The van der Waals surface area contributed by atoms with Crippen LogP contribution in [-0.4, -0.2) is 55.5 Å². The summed E-state index contributed by atoms with van der Waals surface area (Å²) in [6, 6.07) is 0. The number of carboxylic acid groups (broad SMARTS) is 1. The summed E-state index contributed by atoms with van der Waals surface area (Å²) in [5.74, 6) is -3.28. The van der Waals surface area contributed by atoms with Crippen LogP contribution in [0.1, 0.15) is 0 Å². The van der Waals surface area contributed by atoms with Gasteiger partial charge in [0.05, 0.1) is 19.1 Å². The van der Waals surface area contributed by atoms with Gasteiger partial charge in [-0.05, 0) is 0 Å². The SMILES string of the molecule is COC[C@H]1CN(CC(=O)O)C[C@@H]1C(F)(F)F. The minimum Gasteiger partial charge on any atom is -0.480 e. The molecule has 94 valence electrons. The molecule has 1 aliphatic rings. The zero-order chi connectivity index (χ0) is 12.3. The van der Waals surface area contributed by atoms with Crippen molar-refractivity contribution >= 4 is 5.97 Å². The molecule has 1 heterocycles. The molecular formula is C9H14F3NO3. The van der Waals surface area contributed by atoms with E-state index in [1.165, 1.54) is 12.0 Å². The average Bonchev–Trinajstić information content (AvgIpc) is 2.46. The lowest BCUT2D eigenvalue weighted by Crippen LogP contribution is -2.32. The fourth-order valence-electron chi connectivity index (χ4n) is 2.03. The molecular weight excluding hydrogens is 227 g/mol. The van der Waals surface area contributed by atoms with Crippen LogP contribution in [0.5, 0.6) is 0 Å². The lowest BCUT2D eigenvalue weighted by atomic mass is 9.96. The third kappa shape index (κ3) is 3.34. The van der Waals surface area contributed by atoms with E-state index in [4.69, 9.17) is 9.84 Å². The molecule has 0 saturated carbocycles. The number of ether oxygens (including phenoxy) is 1. The Labute approximate surface area is 91.0 Å². The Morgan fingerprint density at radius 3 is 2.56 bits per heavy atom. The standard InChI is InChI=1S/C9H14F3NO3/c1-16-5-6-2-13(4-8(14)15)3-7(6)9(10,11)12/h6-7H,2-5H2,1H3,(H,14,15)/t6-,7+/m1/s1. The summed E-state index contributed by atoms with van der Waals surface area (Å²) < 4.78 is 42.6. The number of alkyl halides is 3. The van der Waals surface area contributed by atoms with Crippen LogP contribution in [-0.2, 0) is 9.53 Å². The minimum absolute atomic E-state index is 0.000293. The van der Waals surface area contributed by atoms with Gasteiger partial charge in [-0.3, -0.25) is 9.69 Å². The molecule has 0 spiro atoms. The lowest BCUT2D eigenvalue weighted by molar-refractivity contribution is -0.183. The second kappa shape index (κ2) is 5.01. The molecule has 0 amide bonds. The van der Waals surface area contributed by atoms with Crippen LogP contribution in [0.25, 0.3) is 0 Å². The molecule has 2 atom stereocenters. The zero-order valence-electron chi connectivity index (χ0n) is 8.83. The lowest BCUT2D eigenvalue weighted by Gasteiger charge is -2.20. The molecule has 1 rings (SSSR count). The van der Waals surface area contributed by atoms with E-state index in [1.807, 2.05) is 0 Å². The van der Waals surface area contributed by atoms with Crippen molar-refractivity contribution in [3.05, 3.63) is 0 Å². The van der Waals surface area contributed by atoms with Crippen LogP contribution in [0.3, 0.4) is 0 Å². The Morgan fingerprint density at radius 2 is 2.12 bits per heavy atom. The molecule has 0 unspecified atom stereocenters. The number of nitrogens with zero attached hydrogens (tertiary/aromatic N) is 1. The van der Waals surface area contributed by atoms with Gasteiger partial charge in [-0.2, -0.15) is 13.2 Å². The Balaban J connectivity index is 2.64. The number of hydrogen-bond acceptors (Lipinski definition) is 3. The molecule has 1 fully saturated rings. The number of aliphatic carboxylic acids is 1. The van der Waals surface area contributed by atoms with Gasteiger partial charge in [-0.1, -0.05) is 0 Å². The van der Waals surface area contributed by atoms with Gasteiger partial charge in [0.1, 0.15) is 0 Å². The molecule has 1 saturated heterocycles. The predicted molar refractivity (Wildman–Crippen MR) is 49.0 cm³/mol. The van der Waals surface area contributed by atoms with E-state index in [0.29, 0.717) is 0 Å². The predicted octanol–water partition coefficient (Wildman–Crippen LogP) is 0.828. The summed E-state index contributed by atoms with van der Waals surface area (Å²) in [7, 11) is 1.34. The van der Waals surface area contributed by atoms with Crippen LogP contribution in [0, 0.1) is 11.8 Å². The molecule has 4 nitrogen and oxygen atoms in total. The molecule has 7 heteroatoms. The van der Waals surface area contributed by atoms with E-state index >= 15 is 0 Å². The Hall–Kier alpha value is -0.820. The highest BCUT2D eigenvalue weighted by molar-refractivity contribution is 5.69. The monoisotopic (exact) mass is 241 g/mol. The Kier molecular flexibility index (Phi) is 4.15. The van der Waals surface area contributed by atoms with E-state index in [-0.39, 0.29) is 26.2 Å². The third-order valence-electron chi connectivity index (χ3n) is 2.68. The molecule has 0 aromatic rings. The van der Waals surface area contributed by atoms with E-state index in [0.717, 1.165) is 0 Å². The first-order chi connectivity index (χ1) is 7.34. The van der Waals surface area contributed by atoms with Gasteiger partial charge in [-0.15, -0.1) is 0 Å². The summed E-state index contributed by atoms with van der Waals surface area (Å²) in [5, 5.41) is 8.52. The highest BCUT2D eigenvalue weighted by Gasteiger charge is 2.49. The average molecular weight is 241 g/mol. The number of hydrogen-bond donors (Lipinski definition) is 1. The fourth-order valence-corrected chi connectivity index (χ4v) is 2.03. The Bertz CT molecular complexity index is 257. The van der Waals surface area contributed by atoms with Gasteiger partial charge in [-0.25, -0.2) is 0 Å². The first-order valence-electron chi connectivity index (χ1n) is 4.84. The molecule has 1 aliphatic heterocycles. The van der Waals surface area contributed by atoms with Crippen molar-refractivity contribution in [3.63, 3.8) is 0 Å². The summed E-state index contributed by atoms with van der Waals surface area (Å²) in [5.41, 5.74) is 0. The quantitative estimate of drug-likeness (QED) is 0.792. The second-order valence-electron chi connectivity index (χ2n) is 3.95. The smallest absolute Gasteiger partial charge is 0.393 e. The first-order valence-corrected chi connectivity index (χ1v) is 4.84. The van der Waals surface area contributed by atoms with Crippen LogP contribution in [0.4, 0.5) is 13.2 Å². The van der Waals surface area contributed by atoms with Crippen molar-refractivity contribution < 1.29 is 27.8 Å². The fraction of sp³-hybridized carbons (Fsp3) is 0.889. The molecule has 1 N–H and O–H groups in total. The summed E-state index contributed by atoms with van der Waals surface area (Å²) >= 11 is 0. The third-order valence-corrected chi connectivity index (χ3v) is 2.68. The number of carboxylic acids is 1. The number of carbonyl (C=O) groups is 1. The summed E-state index contributed by atoms with van der Waals surface area (Å²) in [6.45, 7) is -0.499. The van der Waals surface area contributed by atoms with Gasteiger partial charge in [0.15, 0.2) is 0 Å². The minimum atomic E-state index is -4.30. The van der Waals surface area contributed by atoms with E-state index in [1.54, 1.807) is 0 Å². The van der Waals surface area contributed by atoms with Crippen LogP contribution in [0.2, 0.25) is 0 Å². The van der Waals surface area contributed by atoms with Crippen LogP contribution < -0.4 is 0 Å². The maximum absolute atomic E-state index is 12.6. The molecule has 16 heavy (non-hydrogen) atoms. The van der Waals surface area contributed by atoms with Gasteiger partial charge < -0.3 is 9.84 Å². The van der Waals surface area contributed by atoms with Crippen molar-refractivity contribution in [2.75, 3.05) is 33.4 Å². The number of methoxy groups -OCH3 is 1. The van der Waals surface area contributed by atoms with Gasteiger partial charge in [0.25, 0.3) is 0 Å². The summed E-state index contributed by atoms with van der Waals surface area (Å²) in [6.07, 6.45) is -4.30. The zero-order valence-corrected chi connectivity index (χ0v) is 8.83. The van der Waals surface area contributed by atoms with Crippen LogP contribution in [0.15, 0.2) is 0 Å². The number of rotatable bonds is 4. The number of likely N-dealkylation sites (tertiary alicyclic amines) is 1. The second-order valence-corrected chi connectivity index (χ2v) is 3.95. The highest BCUT2D eigenvalue weighted by atomic mass is 19.4. The molecule has 0 aliphatic carbocycles. The molecule has 0 aromatic carbocycles. The van der Waals surface area contributed by atoms with Crippen molar-refractivity contribution in [1.82, 2.24) is 4.90 Å². The summed E-state index contributed by atoms with van der Waals surface area (Å²) in [4.78, 5) is 11.7. The highest BCUT2D eigenvalue weighted by Crippen LogP contribution is 2.37. The number of halogens is 3. The normalized spacial score (nSPS) is 27.2. The topological polar surface area (TPSA) is 49.8 Å². The van der Waals surface area contributed by atoms with E-state index < -0.39 is 24.0 Å². The molecule has 0 bridgehead atoms. The van der Waals surface area contributed by atoms with E-state index in [9.17, 15) is 18.0 Å². The first kappa shape index (κ1) is 13.2. The van der Waals surface area contributed by atoms with Crippen molar-refractivity contribution in [2.24, 2.45) is 11.8 Å². The maximum Gasteiger partial charge on any atom is 0.393 e. The van der Waals surface area contributed by atoms with Gasteiger partial charge in [0.2, 0.25) is 0 Å². The van der Waals surface area contributed by atoms with E-state index in [2.05, 4.69) is 0 Å². The van der Waals surface area contributed by atoms with Crippen molar-refractivity contribution in [1.29, 1.82) is 0 Å². The Morgan fingerprint density at radius 1 is 1.50 bits per heavy atom. The molecule has 0 radical (unpaired) electrons. The molecule has 0 aromatic heterocycles. The maximum atomic E-state index is 12.6. The van der Waals surface area contributed by atoms with Crippen molar-refractivity contribution in [2.45, 2.75) is 6.18 Å².